The second-order valence-corrected chi connectivity index (χ2v) is 7.22. The van der Waals surface area contributed by atoms with E-state index >= 15 is 0 Å². The number of hydrogen-bond acceptors (Lipinski definition) is 4. The molecule has 0 atom stereocenters. The molecule has 0 heterocycles. The van der Waals surface area contributed by atoms with Gasteiger partial charge < -0.3 is 10.0 Å². The van der Waals surface area contributed by atoms with Crippen molar-refractivity contribution in [3.8, 4) is 0 Å². The van der Waals surface area contributed by atoms with Crippen LogP contribution in [-0.2, 0) is 16.6 Å². The highest BCUT2D eigenvalue weighted by molar-refractivity contribution is 7.89. The zero-order chi connectivity index (χ0) is 17.2. The van der Waals surface area contributed by atoms with Crippen LogP contribution in [0.4, 0.5) is 0 Å². The zero-order valence-corrected chi connectivity index (χ0v) is 13.6. The number of rotatable bonds is 5. The minimum atomic E-state index is -3.63. The van der Waals surface area contributed by atoms with E-state index in [0.717, 1.165) is 16.3 Å². The third-order valence-electron chi connectivity index (χ3n) is 3.78. The van der Waals surface area contributed by atoms with Crippen LogP contribution in [0.2, 0.25) is 0 Å². The van der Waals surface area contributed by atoms with Gasteiger partial charge in [0.1, 0.15) is 0 Å². The van der Waals surface area contributed by atoms with Crippen LogP contribution in [0.3, 0.4) is 0 Å². The van der Waals surface area contributed by atoms with Gasteiger partial charge in [0.25, 0.3) is 0 Å². The second-order valence-electron chi connectivity index (χ2n) is 5.45. The molecule has 0 spiro atoms. The van der Waals surface area contributed by atoms with Crippen molar-refractivity contribution >= 4 is 33.4 Å². The summed E-state index contributed by atoms with van der Waals surface area (Å²) in [7, 11) is -5.16. The Bertz CT molecular complexity index is 956. The molecule has 7 heteroatoms. The molecule has 24 heavy (non-hydrogen) atoms. The summed E-state index contributed by atoms with van der Waals surface area (Å²) in [6.45, 7) is 0.122. The predicted molar refractivity (Wildman–Crippen MR) is 94.2 cm³/mol. The average Bonchev–Trinajstić information content (AvgIpc) is 2.60. The second kappa shape index (κ2) is 6.74. The van der Waals surface area contributed by atoms with E-state index in [9.17, 15) is 8.42 Å². The lowest BCUT2D eigenvalue weighted by Crippen LogP contribution is -2.30. The Labute approximate surface area is 140 Å². The third kappa shape index (κ3) is 3.65. The van der Waals surface area contributed by atoms with Gasteiger partial charge in [0, 0.05) is 6.54 Å². The van der Waals surface area contributed by atoms with Crippen LogP contribution < -0.4 is 10.2 Å². The maximum atomic E-state index is 12.4. The lowest BCUT2D eigenvalue weighted by atomic mass is 9.80. The summed E-state index contributed by atoms with van der Waals surface area (Å²) in [6, 6.07) is 19.0. The Morgan fingerprint density at radius 1 is 0.875 bits per heavy atom. The summed E-state index contributed by atoms with van der Waals surface area (Å²) >= 11 is 0. The molecule has 0 radical (unpaired) electrons. The van der Waals surface area contributed by atoms with E-state index in [1.54, 1.807) is 42.5 Å². The van der Waals surface area contributed by atoms with E-state index < -0.39 is 17.1 Å². The van der Waals surface area contributed by atoms with E-state index in [4.69, 9.17) is 10.0 Å². The molecule has 3 aromatic carbocycles. The molecule has 0 aliphatic carbocycles. The minimum absolute atomic E-state index is 0.122. The van der Waals surface area contributed by atoms with Crippen molar-refractivity contribution in [2.24, 2.45) is 0 Å². The lowest BCUT2D eigenvalue weighted by molar-refractivity contribution is 0.426. The molecule has 0 fully saturated rings. The van der Waals surface area contributed by atoms with Crippen LogP contribution in [0.1, 0.15) is 5.56 Å². The predicted octanol–water partition coefficient (Wildman–Crippen LogP) is 0.998. The number of fused-ring (bicyclic) bond motifs is 1. The van der Waals surface area contributed by atoms with Gasteiger partial charge in [-0.3, -0.25) is 0 Å². The van der Waals surface area contributed by atoms with Crippen LogP contribution in [-0.4, -0.2) is 25.6 Å². The van der Waals surface area contributed by atoms with Crippen molar-refractivity contribution in [1.82, 2.24) is 4.72 Å². The van der Waals surface area contributed by atoms with Gasteiger partial charge >= 0.3 is 7.12 Å². The van der Waals surface area contributed by atoms with E-state index in [2.05, 4.69) is 4.72 Å². The molecule has 3 N–H and O–H groups in total. The van der Waals surface area contributed by atoms with Crippen molar-refractivity contribution in [2.45, 2.75) is 11.4 Å². The van der Waals surface area contributed by atoms with Gasteiger partial charge in [-0.05, 0) is 33.9 Å². The first-order valence-corrected chi connectivity index (χ1v) is 8.87. The summed E-state index contributed by atoms with van der Waals surface area (Å²) in [4.78, 5) is 0.212. The first-order valence-electron chi connectivity index (χ1n) is 7.39. The third-order valence-corrected chi connectivity index (χ3v) is 5.17. The van der Waals surface area contributed by atoms with E-state index in [0.29, 0.717) is 5.46 Å². The Balaban J connectivity index is 1.77. The smallest absolute Gasteiger partial charge is 0.423 e. The minimum Gasteiger partial charge on any atom is -0.423 e. The number of sulfonamides is 1. The summed E-state index contributed by atoms with van der Waals surface area (Å²) in [5, 5.41) is 19.9. The highest BCUT2D eigenvalue weighted by atomic mass is 32.2. The Hall–Kier alpha value is -2.19. The van der Waals surface area contributed by atoms with Gasteiger partial charge in [0.2, 0.25) is 10.0 Å². The Morgan fingerprint density at radius 3 is 2.21 bits per heavy atom. The fraction of sp³-hybridized carbons (Fsp3) is 0.0588. The van der Waals surface area contributed by atoms with Crippen molar-refractivity contribution in [3.63, 3.8) is 0 Å². The first-order chi connectivity index (χ1) is 11.5. The Kier molecular flexibility index (Phi) is 4.68. The van der Waals surface area contributed by atoms with Crippen LogP contribution in [0.15, 0.2) is 71.6 Å². The molecule has 0 aliphatic rings. The van der Waals surface area contributed by atoms with Crippen molar-refractivity contribution in [1.29, 1.82) is 0 Å². The molecule has 0 saturated carbocycles. The van der Waals surface area contributed by atoms with Gasteiger partial charge in [0.15, 0.2) is 0 Å². The summed E-state index contributed by atoms with van der Waals surface area (Å²) in [5.41, 5.74) is 1.08. The summed E-state index contributed by atoms with van der Waals surface area (Å²) < 4.78 is 27.4. The largest absolute Gasteiger partial charge is 0.488 e. The van der Waals surface area contributed by atoms with Gasteiger partial charge in [-0.15, -0.1) is 0 Å². The molecular weight excluding hydrogens is 325 g/mol. The molecule has 0 saturated heterocycles. The quantitative estimate of drug-likeness (QED) is 0.604. The lowest BCUT2D eigenvalue weighted by Gasteiger charge is -2.08. The van der Waals surface area contributed by atoms with Crippen LogP contribution in [0, 0.1) is 0 Å². The van der Waals surface area contributed by atoms with Gasteiger partial charge in [-0.25, -0.2) is 13.1 Å². The summed E-state index contributed by atoms with van der Waals surface area (Å²) in [6.07, 6.45) is 0. The fourth-order valence-electron chi connectivity index (χ4n) is 2.40. The average molecular weight is 341 g/mol. The number of hydrogen-bond donors (Lipinski definition) is 3. The summed E-state index contributed by atoms with van der Waals surface area (Å²) in [5.74, 6) is 0. The molecule has 0 bridgehead atoms. The first kappa shape index (κ1) is 16.7. The monoisotopic (exact) mass is 341 g/mol. The van der Waals surface area contributed by atoms with Crippen LogP contribution >= 0.6 is 0 Å². The number of benzene rings is 3. The molecule has 0 amide bonds. The molecule has 0 unspecified atom stereocenters. The SMILES string of the molecule is O=S(=O)(NCc1ccc(B(O)O)cc1)c1ccc2ccccc2c1. The van der Waals surface area contributed by atoms with Crippen molar-refractivity contribution in [2.75, 3.05) is 0 Å². The molecule has 3 rings (SSSR count). The van der Waals surface area contributed by atoms with Crippen LogP contribution in [0.25, 0.3) is 10.8 Å². The zero-order valence-electron chi connectivity index (χ0n) is 12.8. The topological polar surface area (TPSA) is 86.6 Å². The fourth-order valence-corrected chi connectivity index (χ4v) is 3.46. The van der Waals surface area contributed by atoms with Gasteiger partial charge in [-0.1, -0.05) is 54.6 Å². The molecule has 0 aromatic heterocycles. The van der Waals surface area contributed by atoms with Crippen molar-refractivity contribution in [3.05, 3.63) is 72.3 Å². The van der Waals surface area contributed by atoms with Gasteiger partial charge in [-0.2, -0.15) is 0 Å². The maximum absolute atomic E-state index is 12.4. The van der Waals surface area contributed by atoms with E-state index in [1.165, 1.54) is 0 Å². The maximum Gasteiger partial charge on any atom is 0.488 e. The van der Waals surface area contributed by atoms with E-state index in [1.807, 2.05) is 24.3 Å². The Morgan fingerprint density at radius 2 is 1.54 bits per heavy atom. The highest BCUT2D eigenvalue weighted by Crippen LogP contribution is 2.19. The standard InChI is InChI=1S/C17H16BNO4S/c20-18(21)16-8-5-13(6-9-16)12-19-24(22,23)17-10-7-14-3-1-2-4-15(14)11-17/h1-11,19-21H,12H2. The van der Waals surface area contributed by atoms with Crippen LogP contribution in [0.5, 0.6) is 0 Å². The molecule has 0 aliphatic heterocycles. The number of nitrogens with one attached hydrogen (secondary N) is 1. The molecular formula is C17H16BNO4S. The molecule has 122 valence electrons. The van der Waals surface area contributed by atoms with Crippen molar-refractivity contribution < 1.29 is 18.5 Å². The van der Waals surface area contributed by atoms with Gasteiger partial charge in [0.05, 0.1) is 4.90 Å². The highest BCUT2D eigenvalue weighted by Gasteiger charge is 2.15. The van der Waals surface area contributed by atoms with E-state index in [-0.39, 0.29) is 11.4 Å². The molecule has 3 aromatic rings. The normalized spacial score (nSPS) is 11.6. The molecule has 5 nitrogen and oxygen atoms in total.